The van der Waals surface area contributed by atoms with Gasteiger partial charge in [-0.3, -0.25) is 4.79 Å². The van der Waals surface area contributed by atoms with Crippen LogP contribution in [0.5, 0.6) is 0 Å². The van der Waals surface area contributed by atoms with Gasteiger partial charge in [-0.15, -0.1) is 11.6 Å². The molecule has 2 aromatic carbocycles. The van der Waals surface area contributed by atoms with Crippen LogP contribution in [-0.4, -0.2) is 5.91 Å². The van der Waals surface area contributed by atoms with E-state index in [0.29, 0.717) is 5.69 Å². The second-order valence-electron chi connectivity index (χ2n) is 4.03. The van der Waals surface area contributed by atoms with Gasteiger partial charge >= 0.3 is 0 Å². The number of rotatable bonds is 3. The first-order chi connectivity index (χ1) is 9.51. The fourth-order valence-corrected chi connectivity index (χ4v) is 1.94. The second kappa shape index (κ2) is 6.20. The molecule has 2 aromatic rings. The predicted molar refractivity (Wildman–Crippen MR) is 75.3 cm³/mol. The van der Waals surface area contributed by atoms with E-state index in [2.05, 4.69) is 5.32 Å². The molecule has 0 aliphatic heterocycles. The molecule has 0 fully saturated rings. The zero-order valence-electron chi connectivity index (χ0n) is 10.1. The highest BCUT2D eigenvalue weighted by Crippen LogP contribution is 2.21. The molecule has 0 bridgehead atoms. The Morgan fingerprint density at radius 3 is 2.60 bits per heavy atom. The maximum Gasteiger partial charge on any atom is 0.258 e. The predicted octanol–water partition coefficient (Wildman–Crippen LogP) is 4.61. The van der Waals surface area contributed by atoms with Crippen molar-refractivity contribution in [2.24, 2.45) is 0 Å². The molecule has 6 heteroatoms. The standard InChI is InChI=1S/C14H9Cl2F2NO/c15-7-8-2-1-3-9(4-8)19-14(20)10-5-13(18)11(16)6-12(10)17/h1-6H,7H2,(H,19,20). The van der Waals surface area contributed by atoms with Crippen molar-refractivity contribution >= 4 is 34.8 Å². The summed E-state index contributed by atoms with van der Waals surface area (Å²) in [6.45, 7) is 0. The van der Waals surface area contributed by atoms with E-state index in [1.165, 1.54) is 0 Å². The molecule has 2 rings (SSSR count). The largest absolute Gasteiger partial charge is 0.322 e. The lowest BCUT2D eigenvalue weighted by molar-refractivity contribution is 0.102. The first-order valence-corrected chi connectivity index (χ1v) is 6.53. The van der Waals surface area contributed by atoms with Crippen LogP contribution in [0.25, 0.3) is 0 Å². The topological polar surface area (TPSA) is 29.1 Å². The highest BCUT2D eigenvalue weighted by Gasteiger charge is 2.15. The van der Waals surface area contributed by atoms with Gasteiger partial charge in [0.15, 0.2) is 0 Å². The number of alkyl halides is 1. The van der Waals surface area contributed by atoms with E-state index in [-0.39, 0.29) is 10.9 Å². The van der Waals surface area contributed by atoms with Crippen LogP contribution in [0.1, 0.15) is 15.9 Å². The molecule has 0 heterocycles. The number of amides is 1. The number of anilines is 1. The lowest BCUT2D eigenvalue weighted by atomic mass is 10.1. The van der Waals surface area contributed by atoms with E-state index in [1.54, 1.807) is 24.3 Å². The highest BCUT2D eigenvalue weighted by atomic mass is 35.5. The van der Waals surface area contributed by atoms with Crippen molar-refractivity contribution in [3.63, 3.8) is 0 Å². The van der Waals surface area contributed by atoms with Gasteiger partial charge in [0.25, 0.3) is 5.91 Å². The van der Waals surface area contributed by atoms with Crippen LogP contribution in [0, 0.1) is 11.6 Å². The zero-order chi connectivity index (χ0) is 14.7. The van der Waals surface area contributed by atoms with Gasteiger partial charge in [0, 0.05) is 11.6 Å². The van der Waals surface area contributed by atoms with Gasteiger partial charge in [0.05, 0.1) is 10.6 Å². The van der Waals surface area contributed by atoms with Crippen LogP contribution >= 0.6 is 23.2 Å². The maximum atomic E-state index is 13.6. The third kappa shape index (κ3) is 3.26. The molecule has 0 saturated heterocycles. The Bertz CT molecular complexity index is 662. The Balaban J connectivity index is 2.26. The Labute approximate surface area is 124 Å². The van der Waals surface area contributed by atoms with Crippen molar-refractivity contribution in [2.75, 3.05) is 5.32 Å². The summed E-state index contributed by atoms with van der Waals surface area (Å²) >= 11 is 11.1. The van der Waals surface area contributed by atoms with Crippen LogP contribution in [0.2, 0.25) is 5.02 Å². The summed E-state index contributed by atoms with van der Waals surface area (Å²) < 4.78 is 26.9. The quantitative estimate of drug-likeness (QED) is 0.650. The van der Waals surface area contributed by atoms with Crippen molar-refractivity contribution in [3.05, 3.63) is 64.2 Å². The minimum atomic E-state index is -0.887. The summed E-state index contributed by atoms with van der Waals surface area (Å²) in [6, 6.07) is 8.28. The monoisotopic (exact) mass is 315 g/mol. The molecule has 0 atom stereocenters. The first-order valence-electron chi connectivity index (χ1n) is 5.62. The van der Waals surface area contributed by atoms with Crippen molar-refractivity contribution in [3.8, 4) is 0 Å². The van der Waals surface area contributed by atoms with Crippen molar-refractivity contribution < 1.29 is 13.6 Å². The van der Waals surface area contributed by atoms with E-state index in [0.717, 1.165) is 17.7 Å². The highest BCUT2D eigenvalue weighted by molar-refractivity contribution is 6.30. The SMILES string of the molecule is O=C(Nc1cccc(CCl)c1)c1cc(F)c(Cl)cc1F. The summed E-state index contributed by atoms with van der Waals surface area (Å²) in [4.78, 5) is 11.9. The molecule has 0 saturated carbocycles. The van der Waals surface area contributed by atoms with E-state index in [9.17, 15) is 13.6 Å². The number of halogens is 4. The van der Waals surface area contributed by atoms with Crippen LogP contribution in [0.3, 0.4) is 0 Å². The molecule has 1 N–H and O–H groups in total. The summed E-state index contributed by atoms with van der Waals surface area (Å²) in [5.74, 6) is -2.21. The van der Waals surface area contributed by atoms with E-state index < -0.39 is 23.1 Å². The lowest BCUT2D eigenvalue weighted by Crippen LogP contribution is -2.14. The van der Waals surface area contributed by atoms with Gasteiger partial charge in [0.1, 0.15) is 11.6 Å². The third-order valence-corrected chi connectivity index (χ3v) is 3.19. The summed E-state index contributed by atoms with van der Waals surface area (Å²) in [5.41, 5.74) is 0.832. The Morgan fingerprint density at radius 1 is 1.15 bits per heavy atom. The summed E-state index contributed by atoms with van der Waals surface area (Å²) in [5, 5.41) is 2.10. The average molecular weight is 316 g/mol. The number of nitrogens with one attached hydrogen (secondary N) is 1. The normalized spacial score (nSPS) is 10.4. The second-order valence-corrected chi connectivity index (χ2v) is 4.71. The number of hydrogen-bond donors (Lipinski definition) is 1. The Hall–Kier alpha value is -1.65. The van der Waals surface area contributed by atoms with Gasteiger partial charge in [-0.05, 0) is 29.8 Å². The van der Waals surface area contributed by atoms with E-state index >= 15 is 0 Å². The van der Waals surface area contributed by atoms with Crippen molar-refractivity contribution in [2.45, 2.75) is 5.88 Å². The maximum absolute atomic E-state index is 13.6. The summed E-state index contributed by atoms with van der Waals surface area (Å²) in [6.07, 6.45) is 0. The van der Waals surface area contributed by atoms with Crippen molar-refractivity contribution in [1.29, 1.82) is 0 Å². The molecular formula is C14H9Cl2F2NO. The summed E-state index contributed by atoms with van der Waals surface area (Å²) in [7, 11) is 0. The molecule has 0 radical (unpaired) electrons. The molecule has 0 unspecified atom stereocenters. The first kappa shape index (κ1) is 14.8. The van der Waals surface area contributed by atoms with Gasteiger partial charge < -0.3 is 5.32 Å². The fraction of sp³-hybridized carbons (Fsp3) is 0.0714. The number of carbonyl (C=O) groups is 1. The van der Waals surface area contributed by atoms with Crippen LogP contribution in [-0.2, 0) is 5.88 Å². The average Bonchev–Trinajstić information content (AvgIpc) is 2.43. The molecule has 2 nitrogen and oxygen atoms in total. The fourth-order valence-electron chi connectivity index (χ4n) is 1.63. The van der Waals surface area contributed by atoms with Gasteiger partial charge in [-0.25, -0.2) is 8.78 Å². The Kier molecular flexibility index (Phi) is 4.57. The van der Waals surface area contributed by atoms with Crippen LogP contribution < -0.4 is 5.32 Å². The van der Waals surface area contributed by atoms with E-state index in [1.807, 2.05) is 0 Å². The smallest absolute Gasteiger partial charge is 0.258 e. The molecule has 20 heavy (non-hydrogen) atoms. The zero-order valence-corrected chi connectivity index (χ0v) is 11.6. The third-order valence-electron chi connectivity index (χ3n) is 2.59. The molecule has 1 amide bonds. The van der Waals surface area contributed by atoms with Crippen LogP contribution in [0.4, 0.5) is 14.5 Å². The number of hydrogen-bond acceptors (Lipinski definition) is 1. The molecule has 0 aromatic heterocycles. The minimum Gasteiger partial charge on any atom is -0.322 e. The Morgan fingerprint density at radius 2 is 1.90 bits per heavy atom. The lowest BCUT2D eigenvalue weighted by Gasteiger charge is -2.08. The minimum absolute atomic E-state index is 0.285. The number of benzene rings is 2. The molecule has 0 aliphatic carbocycles. The molecule has 0 aliphatic rings. The van der Waals surface area contributed by atoms with Gasteiger partial charge in [-0.2, -0.15) is 0 Å². The number of carbonyl (C=O) groups excluding carboxylic acids is 1. The van der Waals surface area contributed by atoms with Gasteiger partial charge in [-0.1, -0.05) is 23.7 Å². The molecule has 104 valence electrons. The molecule has 0 spiro atoms. The van der Waals surface area contributed by atoms with Crippen LogP contribution in [0.15, 0.2) is 36.4 Å². The van der Waals surface area contributed by atoms with E-state index in [4.69, 9.17) is 23.2 Å². The van der Waals surface area contributed by atoms with Gasteiger partial charge in [0.2, 0.25) is 0 Å². The van der Waals surface area contributed by atoms with Crippen molar-refractivity contribution in [1.82, 2.24) is 0 Å². The molecular weight excluding hydrogens is 307 g/mol.